The Morgan fingerprint density at radius 1 is 1.15 bits per heavy atom. The van der Waals surface area contributed by atoms with Crippen LogP contribution in [0, 0.1) is 11.8 Å². The van der Waals surface area contributed by atoms with Gasteiger partial charge in [-0.3, -0.25) is 9.59 Å². The van der Waals surface area contributed by atoms with E-state index in [1.165, 1.54) is 18.7 Å². The van der Waals surface area contributed by atoms with Gasteiger partial charge in [-0.15, -0.1) is 0 Å². The van der Waals surface area contributed by atoms with Gasteiger partial charge in [-0.2, -0.15) is 13.2 Å². The van der Waals surface area contributed by atoms with Gasteiger partial charge in [0.15, 0.2) is 0 Å². The van der Waals surface area contributed by atoms with Gasteiger partial charge in [-0.05, 0) is 24.7 Å². The normalized spacial score (nSPS) is 21.2. The smallest absolute Gasteiger partial charge is 0.357 e. The van der Waals surface area contributed by atoms with E-state index < -0.39 is 47.8 Å². The Morgan fingerprint density at radius 3 is 2.12 bits per heavy atom. The lowest BCUT2D eigenvalue weighted by Crippen LogP contribution is -2.65. The molecule has 1 aliphatic heterocycles. The summed E-state index contributed by atoms with van der Waals surface area (Å²) in [5.41, 5.74) is 5.83. The van der Waals surface area contributed by atoms with Crippen molar-refractivity contribution in [2.45, 2.75) is 70.6 Å². The largest absolute Gasteiger partial charge is 0.445 e. The van der Waals surface area contributed by atoms with Gasteiger partial charge < -0.3 is 26.2 Å². The molecule has 26 heavy (non-hydrogen) atoms. The van der Waals surface area contributed by atoms with Gasteiger partial charge in [0, 0.05) is 6.54 Å². The molecule has 0 aromatic heterocycles. The molecule has 1 aliphatic rings. The van der Waals surface area contributed by atoms with E-state index in [9.17, 15) is 33.0 Å². The average molecular weight is 383 g/mol. The molecule has 0 saturated carbocycles. The molecule has 1 rings (SSSR count). The van der Waals surface area contributed by atoms with Crippen molar-refractivity contribution in [3.05, 3.63) is 0 Å². The van der Waals surface area contributed by atoms with Crippen LogP contribution in [0.1, 0.15) is 40.5 Å². The quantitative estimate of drug-likeness (QED) is 0.494. The Morgan fingerprint density at radius 2 is 1.69 bits per heavy atom. The Labute approximate surface area is 150 Å². The lowest BCUT2D eigenvalue weighted by atomic mass is 9.94. The van der Waals surface area contributed by atoms with Crippen LogP contribution in [0.3, 0.4) is 0 Å². The Kier molecular flexibility index (Phi) is 7.05. The number of aliphatic hydroxyl groups is 2. The number of carbonyl (C=O) groups is 2. The lowest BCUT2D eigenvalue weighted by Gasteiger charge is -2.37. The zero-order chi connectivity index (χ0) is 20.4. The number of amides is 2. The highest BCUT2D eigenvalue weighted by Gasteiger charge is 2.59. The first-order valence-corrected chi connectivity index (χ1v) is 8.59. The highest BCUT2D eigenvalue weighted by atomic mass is 19.4. The minimum Gasteiger partial charge on any atom is -0.357 e. The van der Waals surface area contributed by atoms with Gasteiger partial charge in [0.25, 0.3) is 5.79 Å². The maximum atomic E-state index is 12.9. The summed E-state index contributed by atoms with van der Waals surface area (Å²) < 4.78 is 38.8. The first-order valence-electron chi connectivity index (χ1n) is 8.59. The summed E-state index contributed by atoms with van der Waals surface area (Å²) in [4.78, 5) is 26.2. The monoisotopic (exact) mass is 383 g/mol. The molecule has 3 atom stereocenters. The summed E-state index contributed by atoms with van der Waals surface area (Å²) in [6.45, 7) is 6.41. The average Bonchev–Trinajstić information content (AvgIpc) is 2.98. The van der Waals surface area contributed by atoms with Crippen LogP contribution >= 0.6 is 0 Å². The fraction of sp³-hybridized carbons (Fsp3) is 0.875. The van der Waals surface area contributed by atoms with Crippen molar-refractivity contribution in [3.63, 3.8) is 0 Å². The fourth-order valence-electron chi connectivity index (χ4n) is 2.94. The third-order valence-electron chi connectivity index (χ3n) is 4.66. The summed E-state index contributed by atoms with van der Waals surface area (Å²) in [7, 11) is 0. The number of nitrogens with one attached hydrogen (secondary N) is 1. The first kappa shape index (κ1) is 22.7. The first-order chi connectivity index (χ1) is 11.7. The van der Waals surface area contributed by atoms with E-state index in [0.717, 1.165) is 0 Å². The summed E-state index contributed by atoms with van der Waals surface area (Å²) >= 11 is 0. The maximum absolute atomic E-state index is 12.9. The molecule has 7 nitrogen and oxygen atoms in total. The van der Waals surface area contributed by atoms with Gasteiger partial charge in [0.2, 0.25) is 11.8 Å². The van der Waals surface area contributed by atoms with Crippen LogP contribution in [0.4, 0.5) is 13.2 Å². The molecule has 1 saturated heterocycles. The lowest BCUT2D eigenvalue weighted by molar-refractivity contribution is -0.362. The summed E-state index contributed by atoms with van der Waals surface area (Å²) in [6, 6.07) is -3.79. The number of hydrogen-bond donors (Lipinski definition) is 4. The Hall–Kier alpha value is -1.39. The minimum atomic E-state index is -5.35. The molecule has 0 aromatic rings. The van der Waals surface area contributed by atoms with Gasteiger partial charge in [0.1, 0.15) is 6.04 Å². The van der Waals surface area contributed by atoms with E-state index >= 15 is 0 Å². The molecule has 1 heterocycles. The van der Waals surface area contributed by atoms with E-state index in [1.807, 2.05) is 0 Å². The molecule has 5 N–H and O–H groups in total. The number of likely N-dealkylation sites (tertiary alicyclic amines) is 1. The molecule has 0 spiro atoms. The standard InChI is InChI=1S/C16H28F3N3O4/c1-8(2)11(20)14(24)22-7-5-6-10(22)13(23)21-12(9(3)4)15(25,26)16(17,18)19/h8-12,25-26H,5-7,20H2,1-4H3,(H,21,23)/t10-,11-,12?/m0/s1. The number of nitrogens with zero attached hydrogens (tertiary/aromatic N) is 1. The predicted molar refractivity (Wildman–Crippen MR) is 87.5 cm³/mol. The van der Waals surface area contributed by atoms with Crippen LogP contribution in [0.15, 0.2) is 0 Å². The number of hydrogen-bond acceptors (Lipinski definition) is 5. The molecular weight excluding hydrogens is 355 g/mol. The highest BCUT2D eigenvalue weighted by Crippen LogP contribution is 2.34. The van der Waals surface area contributed by atoms with Crippen LogP contribution in [0.25, 0.3) is 0 Å². The topological polar surface area (TPSA) is 116 Å². The van der Waals surface area contributed by atoms with Crippen LogP contribution in [-0.2, 0) is 9.59 Å². The summed E-state index contributed by atoms with van der Waals surface area (Å²) in [5.74, 6) is -6.48. The van der Waals surface area contributed by atoms with E-state index in [-0.39, 0.29) is 18.9 Å². The van der Waals surface area contributed by atoms with Crippen molar-refractivity contribution < 1.29 is 33.0 Å². The highest BCUT2D eigenvalue weighted by molar-refractivity contribution is 5.90. The number of nitrogens with two attached hydrogens (primary N) is 1. The molecule has 1 fully saturated rings. The van der Waals surface area contributed by atoms with E-state index in [4.69, 9.17) is 5.73 Å². The number of halogens is 3. The zero-order valence-electron chi connectivity index (χ0n) is 15.4. The zero-order valence-corrected chi connectivity index (χ0v) is 15.4. The third-order valence-corrected chi connectivity index (χ3v) is 4.66. The van der Waals surface area contributed by atoms with Crippen molar-refractivity contribution in [1.29, 1.82) is 0 Å². The van der Waals surface area contributed by atoms with Crippen LogP contribution < -0.4 is 11.1 Å². The predicted octanol–water partition coefficient (Wildman–Crippen LogP) is 0.345. The molecule has 1 unspecified atom stereocenters. The van der Waals surface area contributed by atoms with Gasteiger partial charge in [-0.1, -0.05) is 27.7 Å². The maximum Gasteiger partial charge on any atom is 0.445 e. The Bertz CT molecular complexity index is 523. The van der Waals surface area contributed by atoms with Crippen LogP contribution in [0.2, 0.25) is 0 Å². The summed E-state index contributed by atoms with van der Waals surface area (Å²) in [6.07, 6.45) is -4.58. The molecule has 10 heteroatoms. The molecule has 152 valence electrons. The second-order valence-corrected chi connectivity index (χ2v) is 7.41. The molecule has 0 radical (unpaired) electrons. The molecule has 2 amide bonds. The molecule has 0 bridgehead atoms. The number of rotatable bonds is 6. The second-order valence-electron chi connectivity index (χ2n) is 7.41. The molecule has 0 aromatic carbocycles. The van der Waals surface area contributed by atoms with E-state index in [1.54, 1.807) is 13.8 Å². The van der Waals surface area contributed by atoms with Gasteiger partial charge in [-0.25, -0.2) is 0 Å². The van der Waals surface area contributed by atoms with Gasteiger partial charge in [0.05, 0.1) is 12.1 Å². The SMILES string of the molecule is CC(C)C(NC(=O)[C@@H]1CCCN1C(=O)[C@@H](N)C(C)C)C(O)(O)C(F)(F)F. The third kappa shape index (κ3) is 4.66. The van der Waals surface area contributed by atoms with Crippen molar-refractivity contribution >= 4 is 11.8 Å². The van der Waals surface area contributed by atoms with Crippen molar-refractivity contribution in [2.75, 3.05) is 6.54 Å². The van der Waals surface area contributed by atoms with Crippen molar-refractivity contribution in [2.24, 2.45) is 17.6 Å². The molecule has 0 aliphatic carbocycles. The van der Waals surface area contributed by atoms with Crippen LogP contribution in [-0.4, -0.2) is 63.6 Å². The second kappa shape index (κ2) is 8.10. The van der Waals surface area contributed by atoms with Crippen LogP contribution in [0.5, 0.6) is 0 Å². The summed E-state index contributed by atoms with van der Waals surface area (Å²) in [5, 5.41) is 21.1. The van der Waals surface area contributed by atoms with Crippen molar-refractivity contribution in [1.82, 2.24) is 10.2 Å². The molecular formula is C16H28F3N3O4. The Balaban J connectivity index is 2.97. The van der Waals surface area contributed by atoms with E-state index in [0.29, 0.717) is 6.42 Å². The fourth-order valence-corrected chi connectivity index (χ4v) is 2.94. The number of carbonyl (C=O) groups excluding carboxylic acids is 2. The van der Waals surface area contributed by atoms with Gasteiger partial charge >= 0.3 is 6.18 Å². The van der Waals surface area contributed by atoms with E-state index in [2.05, 4.69) is 5.32 Å². The minimum absolute atomic E-state index is 0.164. The number of alkyl halides is 3. The van der Waals surface area contributed by atoms with Crippen molar-refractivity contribution in [3.8, 4) is 0 Å².